The highest BCUT2D eigenvalue weighted by Gasteiger charge is 2.38. The van der Waals surface area contributed by atoms with Crippen LogP contribution in [0.2, 0.25) is 0 Å². The molecule has 2 aromatic rings. The lowest BCUT2D eigenvalue weighted by Crippen LogP contribution is -2.52. The fourth-order valence-corrected chi connectivity index (χ4v) is 4.49. The molecule has 34 heavy (non-hydrogen) atoms. The van der Waals surface area contributed by atoms with Crippen molar-refractivity contribution in [1.29, 1.82) is 0 Å². The normalized spacial score (nSPS) is 13.5. The van der Waals surface area contributed by atoms with Gasteiger partial charge in [-0.25, -0.2) is 9.59 Å². The van der Waals surface area contributed by atoms with Crippen LogP contribution in [0.5, 0.6) is 0 Å². The number of carbonyl (C=O) groups is 3. The maximum absolute atomic E-state index is 12.9. The smallest absolute Gasteiger partial charge is 0.407 e. The predicted octanol–water partition coefficient (Wildman–Crippen LogP) is 3.28. The van der Waals surface area contributed by atoms with Crippen LogP contribution in [0.3, 0.4) is 0 Å². The van der Waals surface area contributed by atoms with Gasteiger partial charge in [0.15, 0.2) is 0 Å². The van der Waals surface area contributed by atoms with E-state index in [9.17, 15) is 19.5 Å². The standard InChI is InChI=1S/C26H32N2O6/c1-3-26(4-2,24(32)28-22(13-14-29)23(30)31)16-27-25(33)34-15-21-19-11-7-5-9-17(19)18-10-6-8-12-20(18)21/h5-12,21-22,29H,3-4,13-16H2,1-2H3,(H,27,33)(H,28,32)(H,30,31)/t22-/m0/s1. The summed E-state index contributed by atoms with van der Waals surface area (Å²) >= 11 is 0. The van der Waals surface area contributed by atoms with Crippen molar-refractivity contribution < 1.29 is 29.3 Å². The lowest BCUT2D eigenvalue weighted by molar-refractivity contribution is -0.144. The van der Waals surface area contributed by atoms with Crippen molar-refractivity contribution in [2.24, 2.45) is 5.41 Å². The Kier molecular flexibility index (Phi) is 8.28. The van der Waals surface area contributed by atoms with Crippen molar-refractivity contribution in [3.05, 3.63) is 59.7 Å². The van der Waals surface area contributed by atoms with Crippen LogP contribution >= 0.6 is 0 Å². The molecule has 0 saturated heterocycles. The summed E-state index contributed by atoms with van der Waals surface area (Å²) in [5.74, 6) is -1.76. The first kappa shape index (κ1) is 25.2. The van der Waals surface area contributed by atoms with Gasteiger partial charge in [0.05, 0.1) is 5.41 Å². The minimum absolute atomic E-state index is 0.00791. The fourth-order valence-electron chi connectivity index (χ4n) is 4.49. The van der Waals surface area contributed by atoms with Crippen LogP contribution in [-0.4, -0.2) is 54.0 Å². The first-order valence-corrected chi connectivity index (χ1v) is 11.6. The molecule has 0 bridgehead atoms. The number of nitrogens with one attached hydrogen (secondary N) is 2. The molecule has 2 aromatic carbocycles. The van der Waals surface area contributed by atoms with Crippen LogP contribution in [0.1, 0.15) is 50.2 Å². The van der Waals surface area contributed by atoms with Crippen LogP contribution in [-0.2, 0) is 14.3 Å². The average Bonchev–Trinajstić information content (AvgIpc) is 3.17. The molecule has 1 aliphatic carbocycles. The minimum Gasteiger partial charge on any atom is -0.480 e. The second-order valence-corrected chi connectivity index (χ2v) is 8.54. The van der Waals surface area contributed by atoms with E-state index in [4.69, 9.17) is 9.84 Å². The number of aliphatic hydroxyl groups excluding tert-OH is 1. The first-order chi connectivity index (χ1) is 16.4. The third-order valence-corrected chi connectivity index (χ3v) is 6.77. The van der Waals surface area contributed by atoms with Crippen molar-refractivity contribution in [1.82, 2.24) is 10.6 Å². The number of carboxylic acids is 1. The molecule has 0 heterocycles. The number of benzene rings is 2. The van der Waals surface area contributed by atoms with E-state index in [2.05, 4.69) is 22.8 Å². The zero-order valence-corrected chi connectivity index (χ0v) is 19.5. The fraction of sp³-hybridized carbons (Fsp3) is 0.423. The Morgan fingerprint density at radius 1 is 1.00 bits per heavy atom. The van der Waals surface area contributed by atoms with E-state index >= 15 is 0 Å². The molecule has 0 aromatic heterocycles. The molecule has 8 nitrogen and oxygen atoms in total. The lowest BCUT2D eigenvalue weighted by atomic mass is 9.81. The predicted molar refractivity (Wildman–Crippen MR) is 127 cm³/mol. The molecule has 8 heteroatoms. The number of amides is 2. The van der Waals surface area contributed by atoms with E-state index in [0.717, 1.165) is 22.3 Å². The Morgan fingerprint density at radius 3 is 2.06 bits per heavy atom. The second-order valence-electron chi connectivity index (χ2n) is 8.54. The Morgan fingerprint density at radius 2 is 1.56 bits per heavy atom. The van der Waals surface area contributed by atoms with Gasteiger partial charge >= 0.3 is 12.1 Å². The van der Waals surface area contributed by atoms with Crippen LogP contribution in [0.25, 0.3) is 11.1 Å². The number of hydrogen-bond donors (Lipinski definition) is 4. The Bertz CT molecular complexity index is 988. The third-order valence-electron chi connectivity index (χ3n) is 6.77. The molecular weight excluding hydrogens is 436 g/mol. The van der Waals surface area contributed by atoms with Gasteiger partial charge in [0.2, 0.25) is 5.91 Å². The number of ether oxygens (including phenoxy) is 1. The summed E-state index contributed by atoms with van der Waals surface area (Å²) in [5.41, 5.74) is 3.49. The highest BCUT2D eigenvalue weighted by Crippen LogP contribution is 2.44. The van der Waals surface area contributed by atoms with Crippen LogP contribution in [0.4, 0.5) is 4.79 Å². The Labute approximate surface area is 199 Å². The highest BCUT2D eigenvalue weighted by atomic mass is 16.5. The lowest BCUT2D eigenvalue weighted by Gasteiger charge is -2.31. The number of fused-ring (bicyclic) bond motifs is 3. The van der Waals surface area contributed by atoms with Gasteiger partial charge in [0, 0.05) is 25.5 Å². The highest BCUT2D eigenvalue weighted by molar-refractivity contribution is 5.88. The van der Waals surface area contributed by atoms with E-state index in [1.807, 2.05) is 50.2 Å². The summed E-state index contributed by atoms with van der Waals surface area (Å²) in [5, 5.41) is 23.5. The summed E-state index contributed by atoms with van der Waals surface area (Å²) in [7, 11) is 0. The molecule has 1 atom stereocenters. The van der Waals surface area contributed by atoms with Gasteiger partial charge in [-0.05, 0) is 35.1 Å². The second kappa shape index (κ2) is 11.2. The molecule has 2 amide bonds. The molecule has 1 aliphatic rings. The summed E-state index contributed by atoms with van der Waals surface area (Å²) in [4.78, 5) is 36.9. The topological polar surface area (TPSA) is 125 Å². The van der Waals surface area contributed by atoms with Gasteiger partial charge in [-0.2, -0.15) is 0 Å². The maximum Gasteiger partial charge on any atom is 0.407 e. The molecule has 4 N–H and O–H groups in total. The molecule has 0 spiro atoms. The zero-order valence-electron chi connectivity index (χ0n) is 19.5. The SMILES string of the molecule is CCC(CC)(CNC(=O)OCC1c2ccccc2-c2ccccc21)C(=O)N[C@@H](CCO)C(=O)O. The van der Waals surface area contributed by atoms with Gasteiger partial charge in [-0.1, -0.05) is 62.4 Å². The number of carbonyl (C=O) groups excluding carboxylic acids is 2. The van der Waals surface area contributed by atoms with E-state index in [1.165, 1.54) is 0 Å². The molecule has 0 saturated carbocycles. The molecular formula is C26H32N2O6. The van der Waals surface area contributed by atoms with Crippen molar-refractivity contribution in [3.63, 3.8) is 0 Å². The number of alkyl carbamates (subject to hydrolysis) is 1. The first-order valence-electron chi connectivity index (χ1n) is 11.6. The van der Waals surface area contributed by atoms with E-state index < -0.39 is 29.4 Å². The number of rotatable bonds is 11. The Hall–Kier alpha value is -3.39. The molecule has 0 radical (unpaired) electrons. The monoisotopic (exact) mass is 468 g/mol. The average molecular weight is 469 g/mol. The van der Waals surface area contributed by atoms with Gasteiger partial charge < -0.3 is 25.6 Å². The Balaban J connectivity index is 1.63. The number of hydrogen-bond acceptors (Lipinski definition) is 5. The number of carboxylic acid groups (broad SMARTS) is 1. The third kappa shape index (κ3) is 5.22. The molecule has 0 fully saturated rings. The number of aliphatic carboxylic acids is 1. The van der Waals surface area contributed by atoms with Crippen LogP contribution < -0.4 is 10.6 Å². The largest absolute Gasteiger partial charge is 0.480 e. The summed E-state index contributed by atoms with van der Waals surface area (Å²) in [6.45, 7) is 3.43. The van der Waals surface area contributed by atoms with Crippen molar-refractivity contribution in [2.45, 2.75) is 45.1 Å². The van der Waals surface area contributed by atoms with Gasteiger partial charge in [-0.3, -0.25) is 4.79 Å². The van der Waals surface area contributed by atoms with E-state index in [0.29, 0.717) is 12.8 Å². The van der Waals surface area contributed by atoms with Crippen LogP contribution in [0, 0.1) is 5.41 Å². The summed E-state index contributed by atoms with van der Waals surface area (Å²) < 4.78 is 5.55. The van der Waals surface area contributed by atoms with Crippen molar-refractivity contribution in [2.75, 3.05) is 19.8 Å². The van der Waals surface area contributed by atoms with Crippen molar-refractivity contribution in [3.8, 4) is 11.1 Å². The van der Waals surface area contributed by atoms with Gasteiger partial charge in [0.25, 0.3) is 0 Å². The van der Waals surface area contributed by atoms with Gasteiger partial charge in [0.1, 0.15) is 12.6 Å². The molecule has 3 rings (SSSR count). The molecule has 182 valence electrons. The summed E-state index contributed by atoms with van der Waals surface area (Å²) in [6.07, 6.45) is 0.0605. The quantitative estimate of drug-likeness (QED) is 0.401. The zero-order chi connectivity index (χ0) is 24.7. The van der Waals surface area contributed by atoms with Crippen LogP contribution in [0.15, 0.2) is 48.5 Å². The van der Waals surface area contributed by atoms with Gasteiger partial charge in [-0.15, -0.1) is 0 Å². The van der Waals surface area contributed by atoms with Crippen molar-refractivity contribution >= 4 is 18.0 Å². The minimum atomic E-state index is -1.21. The van der Waals surface area contributed by atoms with E-state index in [-0.39, 0.29) is 32.1 Å². The number of aliphatic hydroxyl groups is 1. The molecule has 0 unspecified atom stereocenters. The molecule has 0 aliphatic heterocycles. The van der Waals surface area contributed by atoms with E-state index in [1.54, 1.807) is 0 Å². The maximum atomic E-state index is 12.9. The summed E-state index contributed by atoms with van der Waals surface area (Å²) in [6, 6.07) is 14.9.